The fourth-order valence-corrected chi connectivity index (χ4v) is 6.58. The molecule has 12 nitrogen and oxygen atoms in total. The Labute approximate surface area is 232 Å². The van der Waals surface area contributed by atoms with E-state index in [4.69, 9.17) is 10.6 Å². The zero-order valence-corrected chi connectivity index (χ0v) is 23.3. The Morgan fingerprint density at radius 3 is 2.40 bits per heavy atom. The monoisotopic (exact) mass is 556 g/mol. The molecule has 0 aromatic heterocycles. The van der Waals surface area contributed by atoms with Crippen molar-refractivity contribution in [3.05, 3.63) is 28.8 Å². The molecule has 2 saturated carbocycles. The van der Waals surface area contributed by atoms with E-state index in [1.807, 2.05) is 19.0 Å². The molecule has 0 saturated heterocycles. The smallest absolute Gasteiger partial charge is 0.235 e. The third-order valence-electron chi connectivity index (χ3n) is 8.36. The second kappa shape index (κ2) is 10.8. The second-order valence-corrected chi connectivity index (χ2v) is 11.3. The number of phenolic OH excluding ortho intramolecular Hbond substituents is 1. The lowest BCUT2D eigenvalue weighted by Crippen LogP contribution is -2.74. The predicted octanol–water partition coefficient (Wildman–Crippen LogP) is -0.441. The minimum Gasteiger partial charge on any atom is -0.507 e. The first kappa shape index (κ1) is 29.5. The second-order valence-electron chi connectivity index (χ2n) is 11.3. The number of primary amides is 1. The van der Waals surface area contributed by atoms with E-state index in [1.165, 1.54) is 11.0 Å². The van der Waals surface area contributed by atoms with Gasteiger partial charge in [0.1, 0.15) is 12.4 Å². The van der Waals surface area contributed by atoms with Crippen molar-refractivity contribution in [3.63, 3.8) is 0 Å². The lowest BCUT2D eigenvalue weighted by molar-refractivity contribution is -0.181. The highest BCUT2D eigenvalue weighted by molar-refractivity contribution is 6.32. The summed E-state index contributed by atoms with van der Waals surface area (Å²) in [7, 11) is 6.91. The Morgan fingerprint density at radius 1 is 1.15 bits per heavy atom. The SMILES string of the molecule is CCON=C(CCN(C)C)c1ccc(O)c2c1C[C@H]1C[C@H]3[C@H](N(C)C)C(=O)C(C(N)=O)C(=O)[C@@]3(O)C(=O)C1C2=O. The topological polar surface area (TPSA) is 180 Å². The number of rotatable bonds is 8. The number of aliphatic hydroxyl groups is 1. The molecular formula is C28H36N4O8. The molecule has 1 aromatic rings. The van der Waals surface area contributed by atoms with Gasteiger partial charge in [0.2, 0.25) is 5.91 Å². The van der Waals surface area contributed by atoms with Crippen LogP contribution in [0.25, 0.3) is 0 Å². The summed E-state index contributed by atoms with van der Waals surface area (Å²) in [5.74, 6) is -10.8. The number of hydrogen-bond acceptors (Lipinski definition) is 11. The zero-order chi connectivity index (χ0) is 29.7. The standard InChI is InChI=1S/C28H36N4O8/c1-6-40-30-17(9-10-31(2)3)14-7-8-18(33)20-15(14)11-13-12-16-22(32(4)5)24(35)21(27(29)38)26(37)28(16,39)25(36)19(13)23(20)34/h7-8,13,16,19,21-22,33,39H,6,9-12H2,1-5H3,(H2,29,38)/t13-,16-,19?,21?,22-,28-/m0/s1. The molecule has 2 fully saturated rings. The number of hydrogen-bond donors (Lipinski definition) is 3. The number of ketones is 4. The van der Waals surface area contributed by atoms with Crippen LogP contribution in [-0.2, 0) is 30.4 Å². The van der Waals surface area contributed by atoms with Crippen LogP contribution in [0, 0.1) is 23.7 Å². The first-order valence-electron chi connectivity index (χ1n) is 13.3. The molecule has 40 heavy (non-hydrogen) atoms. The number of Topliss-reactive ketones (excluding diaryl/α,β-unsaturated/α-hetero) is 4. The van der Waals surface area contributed by atoms with Crippen molar-refractivity contribution in [2.75, 3.05) is 41.3 Å². The molecule has 12 heteroatoms. The van der Waals surface area contributed by atoms with Crippen molar-refractivity contribution in [1.29, 1.82) is 0 Å². The van der Waals surface area contributed by atoms with Crippen LogP contribution in [0.5, 0.6) is 5.75 Å². The summed E-state index contributed by atoms with van der Waals surface area (Å²) in [5.41, 5.74) is 4.18. The number of carbonyl (C=O) groups is 5. The van der Waals surface area contributed by atoms with Crippen molar-refractivity contribution in [2.45, 2.75) is 37.8 Å². The number of fused-ring (bicyclic) bond motifs is 3. The van der Waals surface area contributed by atoms with E-state index in [2.05, 4.69) is 5.16 Å². The third kappa shape index (κ3) is 4.53. The third-order valence-corrected chi connectivity index (χ3v) is 8.36. The van der Waals surface area contributed by atoms with Crippen LogP contribution in [0.4, 0.5) is 0 Å². The minimum atomic E-state index is -2.75. The zero-order valence-electron chi connectivity index (χ0n) is 23.3. The van der Waals surface area contributed by atoms with Gasteiger partial charge in [0.25, 0.3) is 0 Å². The number of phenols is 1. The van der Waals surface area contributed by atoms with Crippen LogP contribution >= 0.6 is 0 Å². The van der Waals surface area contributed by atoms with Gasteiger partial charge in [-0.1, -0.05) is 5.16 Å². The summed E-state index contributed by atoms with van der Waals surface area (Å²) in [6.45, 7) is 2.74. The van der Waals surface area contributed by atoms with Gasteiger partial charge in [-0.3, -0.25) is 28.9 Å². The van der Waals surface area contributed by atoms with E-state index in [9.17, 15) is 34.2 Å². The lowest BCUT2D eigenvalue weighted by atomic mass is 9.52. The fourth-order valence-electron chi connectivity index (χ4n) is 6.58. The first-order chi connectivity index (χ1) is 18.8. The van der Waals surface area contributed by atoms with E-state index in [1.54, 1.807) is 27.1 Å². The van der Waals surface area contributed by atoms with Crippen molar-refractivity contribution in [3.8, 4) is 5.75 Å². The van der Waals surface area contributed by atoms with E-state index >= 15 is 0 Å². The number of amides is 1. The molecule has 2 unspecified atom stereocenters. The fraction of sp³-hybridized carbons (Fsp3) is 0.571. The maximum absolute atomic E-state index is 13.9. The number of benzene rings is 1. The molecule has 3 aliphatic carbocycles. The predicted molar refractivity (Wildman–Crippen MR) is 143 cm³/mol. The molecular weight excluding hydrogens is 520 g/mol. The summed E-state index contributed by atoms with van der Waals surface area (Å²) >= 11 is 0. The van der Waals surface area contributed by atoms with Gasteiger partial charge in [-0.15, -0.1) is 0 Å². The number of nitrogens with two attached hydrogens (primary N) is 1. The summed E-state index contributed by atoms with van der Waals surface area (Å²) in [4.78, 5) is 75.3. The Bertz CT molecular complexity index is 1310. The van der Waals surface area contributed by atoms with Gasteiger partial charge < -0.3 is 25.7 Å². The molecule has 0 radical (unpaired) electrons. The van der Waals surface area contributed by atoms with Crippen LogP contribution in [0.1, 0.15) is 41.3 Å². The summed E-state index contributed by atoms with van der Waals surface area (Å²) < 4.78 is 0. The average Bonchev–Trinajstić information content (AvgIpc) is 2.86. The highest BCUT2D eigenvalue weighted by Crippen LogP contribution is 2.51. The average molecular weight is 557 g/mol. The van der Waals surface area contributed by atoms with E-state index in [-0.39, 0.29) is 24.2 Å². The van der Waals surface area contributed by atoms with Crippen LogP contribution in [0.2, 0.25) is 0 Å². The summed E-state index contributed by atoms with van der Waals surface area (Å²) in [5, 5.41) is 26.7. The molecule has 3 aliphatic rings. The van der Waals surface area contributed by atoms with Gasteiger partial charge in [-0.25, -0.2) is 0 Å². The molecule has 6 atom stereocenters. The Morgan fingerprint density at radius 2 is 1.82 bits per heavy atom. The Kier molecular flexibility index (Phi) is 7.99. The molecule has 4 rings (SSSR count). The molecule has 1 amide bonds. The van der Waals surface area contributed by atoms with Crippen molar-refractivity contribution in [1.82, 2.24) is 9.80 Å². The van der Waals surface area contributed by atoms with Gasteiger partial charge in [0.15, 0.2) is 34.7 Å². The molecule has 0 spiro atoms. The highest BCUT2D eigenvalue weighted by atomic mass is 16.6. The number of likely N-dealkylation sites (N-methyl/N-ethyl adjacent to an activating group) is 1. The maximum Gasteiger partial charge on any atom is 0.235 e. The largest absolute Gasteiger partial charge is 0.507 e. The lowest BCUT2D eigenvalue weighted by Gasteiger charge is -2.52. The van der Waals surface area contributed by atoms with Gasteiger partial charge in [-0.05, 0) is 71.6 Å². The van der Waals surface area contributed by atoms with Crippen LogP contribution in [-0.4, -0.2) is 108 Å². The van der Waals surface area contributed by atoms with E-state index < -0.39 is 64.4 Å². The van der Waals surface area contributed by atoms with Gasteiger partial charge in [0.05, 0.1) is 23.2 Å². The number of aromatic hydroxyl groups is 1. The minimum absolute atomic E-state index is 0.0192. The molecule has 0 bridgehead atoms. The van der Waals surface area contributed by atoms with Gasteiger partial charge in [0, 0.05) is 24.4 Å². The van der Waals surface area contributed by atoms with Crippen LogP contribution in [0.3, 0.4) is 0 Å². The van der Waals surface area contributed by atoms with Crippen molar-refractivity contribution >= 4 is 34.8 Å². The highest BCUT2D eigenvalue weighted by Gasteiger charge is 2.69. The Balaban J connectivity index is 1.85. The normalized spacial score (nSPS) is 30.3. The Hall–Kier alpha value is -3.48. The molecule has 0 heterocycles. The molecule has 0 aliphatic heterocycles. The number of nitrogens with zero attached hydrogens (tertiary/aromatic N) is 3. The number of oxime groups is 1. The van der Waals surface area contributed by atoms with Gasteiger partial charge in [-0.2, -0.15) is 0 Å². The number of carbonyl (C=O) groups excluding carboxylic acids is 5. The van der Waals surface area contributed by atoms with E-state index in [0.29, 0.717) is 36.4 Å². The summed E-state index contributed by atoms with van der Waals surface area (Å²) in [6.07, 6.45) is 0.616. The quantitative estimate of drug-likeness (QED) is 0.216. The molecule has 4 N–H and O–H groups in total. The summed E-state index contributed by atoms with van der Waals surface area (Å²) in [6, 6.07) is 1.86. The first-order valence-corrected chi connectivity index (χ1v) is 13.3. The van der Waals surface area contributed by atoms with E-state index in [0.717, 1.165) is 0 Å². The van der Waals surface area contributed by atoms with Gasteiger partial charge >= 0.3 is 0 Å². The molecule has 1 aromatic carbocycles. The maximum atomic E-state index is 13.9. The van der Waals surface area contributed by atoms with Crippen LogP contribution in [0.15, 0.2) is 17.3 Å². The molecule has 216 valence electrons. The van der Waals surface area contributed by atoms with Crippen molar-refractivity contribution in [2.24, 2.45) is 34.6 Å². The van der Waals surface area contributed by atoms with Crippen molar-refractivity contribution < 1.29 is 39.0 Å². The van der Waals surface area contributed by atoms with Crippen LogP contribution < -0.4 is 5.73 Å².